The number of halogens is 1. The van der Waals surface area contributed by atoms with Crippen molar-refractivity contribution < 1.29 is 18.8 Å². The standard InChI is InChI=1S/C18H19FN4O3/c1-11-3-4-15(14(19)5-11)21-16(24)10-23-17(25)7-13(18(23)26)6-12-8-20-22(2)9-12/h3-5,8-9,13H,6-7,10H2,1-2H3,(H,21,24). The number of amides is 3. The van der Waals surface area contributed by atoms with E-state index in [1.807, 2.05) is 0 Å². The van der Waals surface area contributed by atoms with Crippen LogP contribution in [0, 0.1) is 18.7 Å². The molecule has 1 N–H and O–H groups in total. The van der Waals surface area contributed by atoms with Crippen molar-refractivity contribution in [2.24, 2.45) is 13.0 Å². The van der Waals surface area contributed by atoms with E-state index >= 15 is 0 Å². The van der Waals surface area contributed by atoms with Gasteiger partial charge in [0.25, 0.3) is 0 Å². The van der Waals surface area contributed by atoms with Crippen molar-refractivity contribution >= 4 is 23.4 Å². The molecule has 1 aromatic heterocycles. The Morgan fingerprint density at radius 2 is 2.15 bits per heavy atom. The highest BCUT2D eigenvalue weighted by atomic mass is 19.1. The minimum absolute atomic E-state index is 0.0200. The molecule has 1 fully saturated rings. The van der Waals surface area contributed by atoms with Crippen LogP contribution in [0.2, 0.25) is 0 Å². The highest BCUT2D eigenvalue weighted by Gasteiger charge is 2.39. The lowest BCUT2D eigenvalue weighted by atomic mass is 10.0. The first-order valence-corrected chi connectivity index (χ1v) is 8.21. The number of hydrogen-bond donors (Lipinski definition) is 1. The largest absolute Gasteiger partial charge is 0.322 e. The van der Waals surface area contributed by atoms with Crippen molar-refractivity contribution in [2.45, 2.75) is 19.8 Å². The highest BCUT2D eigenvalue weighted by Crippen LogP contribution is 2.23. The number of aryl methyl sites for hydroxylation is 2. The second kappa shape index (κ2) is 7.07. The summed E-state index contributed by atoms with van der Waals surface area (Å²) >= 11 is 0. The van der Waals surface area contributed by atoms with Crippen molar-refractivity contribution in [3.8, 4) is 0 Å². The molecule has 3 amide bonds. The van der Waals surface area contributed by atoms with E-state index in [0.717, 1.165) is 16.0 Å². The van der Waals surface area contributed by atoms with Gasteiger partial charge in [0.1, 0.15) is 12.4 Å². The van der Waals surface area contributed by atoms with Crippen molar-refractivity contribution in [2.75, 3.05) is 11.9 Å². The number of nitrogens with one attached hydrogen (secondary N) is 1. The number of imide groups is 1. The number of nitrogens with zero attached hydrogens (tertiary/aromatic N) is 3. The second-order valence-electron chi connectivity index (χ2n) is 6.48. The van der Waals surface area contributed by atoms with E-state index in [2.05, 4.69) is 10.4 Å². The van der Waals surface area contributed by atoms with Crippen molar-refractivity contribution in [1.82, 2.24) is 14.7 Å². The van der Waals surface area contributed by atoms with Crippen LogP contribution in [0.25, 0.3) is 0 Å². The molecule has 0 aliphatic carbocycles. The molecule has 136 valence electrons. The number of hydrogen-bond acceptors (Lipinski definition) is 4. The van der Waals surface area contributed by atoms with Crippen LogP contribution in [-0.4, -0.2) is 38.9 Å². The first-order valence-electron chi connectivity index (χ1n) is 8.21. The minimum atomic E-state index is -0.614. The van der Waals surface area contributed by atoms with Gasteiger partial charge in [0.05, 0.1) is 17.8 Å². The molecule has 1 aliphatic heterocycles. The Labute approximate surface area is 149 Å². The summed E-state index contributed by atoms with van der Waals surface area (Å²) in [7, 11) is 1.77. The van der Waals surface area contributed by atoms with Gasteiger partial charge >= 0.3 is 0 Å². The van der Waals surface area contributed by atoms with Gasteiger partial charge in [-0.1, -0.05) is 6.07 Å². The third-order valence-corrected chi connectivity index (χ3v) is 4.28. The summed E-state index contributed by atoms with van der Waals surface area (Å²) in [5, 5.41) is 6.44. The summed E-state index contributed by atoms with van der Waals surface area (Å²) in [5.74, 6) is -2.47. The van der Waals surface area contributed by atoms with E-state index in [1.165, 1.54) is 12.1 Å². The molecule has 0 saturated carbocycles. The van der Waals surface area contributed by atoms with Crippen molar-refractivity contribution in [1.29, 1.82) is 0 Å². The van der Waals surface area contributed by atoms with Gasteiger partial charge in [-0.3, -0.25) is 24.0 Å². The Bertz CT molecular complexity index is 877. The molecular formula is C18H19FN4O3. The van der Waals surface area contributed by atoms with Gasteiger partial charge in [0, 0.05) is 19.7 Å². The Hall–Kier alpha value is -3.03. The van der Waals surface area contributed by atoms with Crippen LogP contribution < -0.4 is 5.32 Å². The SMILES string of the molecule is Cc1ccc(NC(=O)CN2C(=O)CC(Cc3cnn(C)c3)C2=O)c(F)c1. The summed E-state index contributed by atoms with van der Waals surface area (Å²) in [6, 6.07) is 4.40. The van der Waals surface area contributed by atoms with Gasteiger partial charge in [-0.25, -0.2) is 4.39 Å². The summed E-state index contributed by atoms with van der Waals surface area (Å²) in [6.07, 6.45) is 3.88. The van der Waals surface area contributed by atoms with E-state index < -0.39 is 36.0 Å². The number of likely N-dealkylation sites (tertiary alicyclic amines) is 1. The normalized spacial score (nSPS) is 17.0. The molecule has 8 heteroatoms. The van der Waals surface area contributed by atoms with Crippen molar-refractivity contribution in [3.63, 3.8) is 0 Å². The summed E-state index contributed by atoms with van der Waals surface area (Å²) in [4.78, 5) is 37.6. The Kier molecular flexibility index (Phi) is 4.83. The Balaban J connectivity index is 1.62. The molecule has 1 aliphatic rings. The van der Waals surface area contributed by atoms with Crippen LogP contribution in [0.5, 0.6) is 0 Å². The Morgan fingerprint density at radius 3 is 2.81 bits per heavy atom. The number of aromatic nitrogens is 2. The average molecular weight is 358 g/mol. The fraction of sp³-hybridized carbons (Fsp3) is 0.333. The van der Waals surface area contributed by atoms with Gasteiger partial charge in [-0.15, -0.1) is 0 Å². The molecule has 2 aromatic rings. The molecule has 1 aromatic carbocycles. The van der Waals surface area contributed by atoms with E-state index in [1.54, 1.807) is 37.1 Å². The van der Waals surface area contributed by atoms with Crippen LogP contribution in [0.1, 0.15) is 17.5 Å². The predicted molar refractivity (Wildman–Crippen MR) is 91.5 cm³/mol. The predicted octanol–water partition coefficient (Wildman–Crippen LogP) is 1.42. The lowest BCUT2D eigenvalue weighted by molar-refractivity contribution is -0.142. The zero-order valence-electron chi connectivity index (χ0n) is 14.5. The maximum absolute atomic E-state index is 13.8. The van der Waals surface area contributed by atoms with Gasteiger partial charge < -0.3 is 5.32 Å². The van der Waals surface area contributed by atoms with Crippen LogP contribution in [-0.2, 0) is 27.9 Å². The van der Waals surface area contributed by atoms with Gasteiger partial charge in [-0.05, 0) is 36.6 Å². The van der Waals surface area contributed by atoms with Crippen LogP contribution in [0.4, 0.5) is 10.1 Å². The molecular weight excluding hydrogens is 339 g/mol. The number of carbonyl (C=O) groups is 3. The molecule has 1 unspecified atom stereocenters. The summed E-state index contributed by atoms with van der Waals surface area (Å²) < 4.78 is 15.4. The van der Waals surface area contributed by atoms with Gasteiger partial charge in [0.2, 0.25) is 17.7 Å². The van der Waals surface area contributed by atoms with Crippen LogP contribution >= 0.6 is 0 Å². The number of rotatable bonds is 5. The first-order chi connectivity index (χ1) is 12.3. The smallest absolute Gasteiger partial charge is 0.244 e. The first kappa shape index (κ1) is 17.8. The zero-order valence-corrected chi connectivity index (χ0v) is 14.5. The molecule has 0 radical (unpaired) electrons. The molecule has 26 heavy (non-hydrogen) atoms. The monoisotopic (exact) mass is 358 g/mol. The molecule has 0 spiro atoms. The molecule has 7 nitrogen and oxygen atoms in total. The maximum Gasteiger partial charge on any atom is 0.244 e. The van der Waals surface area contributed by atoms with Crippen LogP contribution in [0.15, 0.2) is 30.6 Å². The third-order valence-electron chi connectivity index (χ3n) is 4.28. The maximum atomic E-state index is 13.8. The molecule has 2 heterocycles. The fourth-order valence-corrected chi connectivity index (χ4v) is 2.99. The van der Waals surface area contributed by atoms with Crippen molar-refractivity contribution in [3.05, 3.63) is 47.5 Å². The summed E-state index contributed by atoms with van der Waals surface area (Å²) in [6.45, 7) is 1.31. The lowest BCUT2D eigenvalue weighted by Gasteiger charge is -2.15. The zero-order chi connectivity index (χ0) is 18.8. The van der Waals surface area contributed by atoms with Gasteiger partial charge in [-0.2, -0.15) is 5.10 Å². The van der Waals surface area contributed by atoms with E-state index in [9.17, 15) is 18.8 Å². The highest BCUT2D eigenvalue weighted by molar-refractivity contribution is 6.07. The van der Waals surface area contributed by atoms with Crippen LogP contribution in [0.3, 0.4) is 0 Å². The quantitative estimate of drug-likeness (QED) is 0.820. The lowest BCUT2D eigenvalue weighted by Crippen LogP contribution is -2.38. The second-order valence-corrected chi connectivity index (χ2v) is 6.48. The summed E-state index contributed by atoms with van der Waals surface area (Å²) in [5.41, 5.74) is 1.60. The third kappa shape index (κ3) is 3.79. The average Bonchev–Trinajstić information content (AvgIpc) is 3.09. The number of anilines is 1. The fourth-order valence-electron chi connectivity index (χ4n) is 2.99. The molecule has 0 bridgehead atoms. The number of benzene rings is 1. The molecule has 1 atom stereocenters. The minimum Gasteiger partial charge on any atom is -0.322 e. The molecule has 3 rings (SSSR count). The van der Waals surface area contributed by atoms with Gasteiger partial charge in [0.15, 0.2) is 0 Å². The molecule has 1 saturated heterocycles. The van der Waals surface area contributed by atoms with E-state index in [4.69, 9.17) is 0 Å². The topological polar surface area (TPSA) is 84.3 Å². The van der Waals surface area contributed by atoms with E-state index in [-0.39, 0.29) is 12.1 Å². The number of carbonyl (C=O) groups excluding carboxylic acids is 3. The Morgan fingerprint density at radius 1 is 1.38 bits per heavy atom. The van der Waals surface area contributed by atoms with E-state index in [0.29, 0.717) is 6.42 Å².